The number of rotatable bonds is 3. The van der Waals surface area contributed by atoms with Gasteiger partial charge in [-0.3, -0.25) is 0 Å². The first-order valence-electron chi connectivity index (χ1n) is 3.67. The number of nitrogens with two attached hydrogens (primary N) is 1. The van der Waals surface area contributed by atoms with Gasteiger partial charge in [0.2, 0.25) is 5.88 Å². The van der Waals surface area contributed by atoms with Crippen LogP contribution in [0.15, 0.2) is 12.4 Å². The van der Waals surface area contributed by atoms with Crippen LogP contribution in [0.4, 0.5) is 5.82 Å². The van der Waals surface area contributed by atoms with Crippen molar-refractivity contribution in [3.8, 4) is 18.2 Å². The number of ether oxygens (including phenoxy) is 1. The van der Waals surface area contributed by atoms with E-state index in [1.807, 2.05) is 0 Å². The van der Waals surface area contributed by atoms with Gasteiger partial charge in [-0.1, -0.05) is 5.92 Å². The molecular formula is C8H10N4O. The summed E-state index contributed by atoms with van der Waals surface area (Å²) in [6.45, 7) is 1.75. The normalized spacial score (nSPS) is 11.5. The quantitative estimate of drug-likeness (QED) is 0.392. The number of hydrogen-bond donors (Lipinski definition) is 2. The molecule has 0 saturated heterocycles. The number of anilines is 1. The third-order valence-corrected chi connectivity index (χ3v) is 1.32. The molecule has 1 rings (SSSR count). The van der Waals surface area contributed by atoms with Gasteiger partial charge in [0, 0.05) is 6.07 Å². The largest absolute Gasteiger partial charge is 0.461 e. The van der Waals surface area contributed by atoms with Crippen molar-refractivity contribution >= 4 is 5.82 Å². The molecule has 5 heteroatoms. The minimum absolute atomic E-state index is 0.319. The second-order valence-corrected chi connectivity index (χ2v) is 2.31. The third-order valence-electron chi connectivity index (χ3n) is 1.32. The summed E-state index contributed by atoms with van der Waals surface area (Å²) in [5.41, 5.74) is 2.38. The van der Waals surface area contributed by atoms with Gasteiger partial charge < -0.3 is 10.2 Å². The summed E-state index contributed by atoms with van der Waals surface area (Å²) < 4.78 is 5.22. The van der Waals surface area contributed by atoms with Gasteiger partial charge in [-0.15, -0.1) is 6.42 Å². The fourth-order valence-corrected chi connectivity index (χ4v) is 0.698. The summed E-state index contributed by atoms with van der Waals surface area (Å²) in [7, 11) is 0. The van der Waals surface area contributed by atoms with Crippen molar-refractivity contribution in [2.45, 2.75) is 13.0 Å². The zero-order chi connectivity index (χ0) is 9.68. The lowest BCUT2D eigenvalue weighted by atomic mass is 10.4. The van der Waals surface area contributed by atoms with E-state index in [2.05, 4.69) is 21.3 Å². The zero-order valence-electron chi connectivity index (χ0n) is 7.19. The van der Waals surface area contributed by atoms with Gasteiger partial charge in [0.1, 0.15) is 12.1 Å². The van der Waals surface area contributed by atoms with E-state index in [1.165, 1.54) is 6.33 Å². The minimum Gasteiger partial charge on any atom is -0.461 e. The number of nitrogen functional groups attached to an aromatic ring is 1. The van der Waals surface area contributed by atoms with Crippen LogP contribution in [0.3, 0.4) is 0 Å². The van der Waals surface area contributed by atoms with E-state index in [0.29, 0.717) is 11.7 Å². The predicted molar refractivity (Wildman–Crippen MR) is 48.8 cm³/mol. The Labute approximate surface area is 76.3 Å². The van der Waals surface area contributed by atoms with Gasteiger partial charge in [-0.25, -0.2) is 15.8 Å². The highest BCUT2D eigenvalue weighted by molar-refractivity contribution is 5.35. The lowest BCUT2D eigenvalue weighted by Gasteiger charge is -2.07. The van der Waals surface area contributed by atoms with E-state index in [1.54, 1.807) is 13.0 Å². The molecule has 0 aliphatic rings. The lowest BCUT2D eigenvalue weighted by Crippen LogP contribution is -2.12. The molecule has 68 valence electrons. The lowest BCUT2D eigenvalue weighted by molar-refractivity contribution is 0.267. The van der Waals surface area contributed by atoms with Crippen molar-refractivity contribution in [3.05, 3.63) is 12.4 Å². The molecule has 0 radical (unpaired) electrons. The smallest absolute Gasteiger partial charge is 0.219 e. The Kier molecular flexibility index (Phi) is 3.06. The van der Waals surface area contributed by atoms with Gasteiger partial charge in [-0.05, 0) is 6.92 Å². The number of hydrazine groups is 1. The Balaban J connectivity index is 2.73. The monoisotopic (exact) mass is 178 g/mol. The van der Waals surface area contributed by atoms with E-state index in [4.69, 9.17) is 17.0 Å². The van der Waals surface area contributed by atoms with Gasteiger partial charge in [0.15, 0.2) is 6.10 Å². The molecule has 5 nitrogen and oxygen atoms in total. The average Bonchev–Trinajstić information content (AvgIpc) is 2.18. The van der Waals surface area contributed by atoms with Crippen LogP contribution < -0.4 is 16.0 Å². The molecular weight excluding hydrogens is 168 g/mol. The SMILES string of the molecule is C#CC(C)Oc1cc(NN)ncn1. The Morgan fingerprint density at radius 2 is 2.46 bits per heavy atom. The van der Waals surface area contributed by atoms with Crippen molar-refractivity contribution in [2.24, 2.45) is 5.84 Å². The molecule has 0 bridgehead atoms. The van der Waals surface area contributed by atoms with Crippen LogP contribution in [0.25, 0.3) is 0 Å². The topological polar surface area (TPSA) is 73.1 Å². The zero-order valence-corrected chi connectivity index (χ0v) is 7.19. The molecule has 1 aromatic heterocycles. The number of hydrogen-bond acceptors (Lipinski definition) is 5. The maximum Gasteiger partial charge on any atom is 0.219 e. The van der Waals surface area contributed by atoms with Gasteiger partial charge in [0.25, 0.3) is 0 Å². The Hall–Kier alpha value is -1.80. The average molecular weight is 178 g/mol. The number of nitrogens with one attached hydrogen (secondary N) is 1. The first kappa shape index (κ1) is 9.29. The minimum atomic E-state index is -0.319. The summed E-state index contributed by atoms with van der Waals surface area (Å²) in [6.07, 6.45) is 6.15. The van der Waals surface area contributed by atoms with Crippen LogP contribution in [-0.2, 0) is 0 Å². The molecule has 13 heavy (non-hydrogen) atoms. The molecule has 0 spiro atoms. The Morgan fingerprint density at radius 3 is 3.08 bits per heavy atom. The van der Waals surface area contributed by atoms with E-state index in [-0.39, 0.29) is 6.10 Å². The second kappa shape index (κ2) is 4.28. The van der Waals surface area contributed by atoms with Crippen LogP contribution >= 0.6 is 0 Å². The number of terminal acetylenes is 1. The molecule has 0 amide bonds. The van der Waals surface area contributed by atoms with Gasteiger partial charge in [0.05, 0.1) is 0 Å². The van der Waals surface area contributed by atoms with Crippen molar-refractivity contribution in [1.29, 1.82) is 0 Å². The molecule has 0 aliphatic heterocycles. The summed E-state index contributed by atoms with van der Waals surface area (Å²) in [5.74, 6) is 8.44. The standard InChI is InChI=1S/C8H10N4O/c1-3-6(2)13-8-4-7(12-9)10-5-11-8/h1,4-6H,9H2,2H3,(H,10,11,12). The van der Waals surface area contributed by atoms with E-state index < -0.39 is 0 Å². The van der Waals surface area contributed by atoms with Crippen LogP contribution in [0.1, 0.15) is 6.92 Å². The number of aromatic nitrogens is 2. The molecule has 0 saturated carbocycles. The fraction of sp³-hybridized carbons (Fsp3) is 0.250. The van der Waals surface area contributed by atoms with Crippen LogP contribution in [0, 0.1) is 12.3 Å². The van der Waals surface area contributed by atoms with Crippen LogP contribution in [0.5, 0.6) is 5.88 Å². The fourth-order valence-electron chi connectivity index (χ4n) is 0.698. The van der Waals surface area contributed by atoms with Crippen molar-refractivity contribution < 1.29 is 4.74 Å². The maximum absolute atomic E-state index is 5.22. The van der Waals surface area contributed by atoms with Crippen molar-refractivity contribution in [3.63, 3.8) is 0 Å². The predicted octanol–water partition coefficient (Wildman–Crippen LogP) is 0.163. The Morgan fingerprint density at radius 1 is 1.69 bits per heavy atom. The summed E-state index contributed by atoms with van der Waals surface area (Å²) >= 11 is 0. The molecule has 0 aromatic carbocycles. The highest BCUT2D eigenvalue weighted by atomic mass is 16.5. The van der Waals surface area contributed by atoms with Crippen LogP contribution in [0.2, 0.25) is 0 Å². The molecule has 1 unspecified atom stereocenters. The maximum atomic E-state index is 5.22. The van der Waals surface area contributed by atoms with Crippen molar-refractivity contribution in [2.75, 3.05) is 5.43 Å². The third kappa shape index (κ3) is 2.61. The first-order chi connectivity index (χ1) is 6.26. The highest BCUT2D eigenvalue weighted by Gasteiger charge is 2.01. The van der Waals surface area contributed by atoms with Gasteiger partial charge in [-0.2, -0.15) is 0 Å². The summed E-state index contributed by atoms with van der Waals surface area (Å²) in [6, 6.07) is 1.56. The van der Waals surface area contributed by atoms with E-state index >= 15 is 0 Å². The molecule has 3 N–H and O–H groups in total. The van der Waals surface area contributed by atoms with Gasteiger partial charge >= 0.3 is 0 Å². The van der Waals surface area contributed by atoms with E-state index in [0.717, 1.165) is 0 Å². The molecule has 1 heterocycles. The second-order valence-electron chi connectivity index (χ2n) is 2.31. The molecule has 1 atom stereocenters. The summed E-state index contributed by atoms with van der Waals surface area (Å²) in [5, 5.41) is 0. The number of nitrogens with zero attached hydrogens (tertiary/aromatic N) is 2. The summed E-state index contributed by atoms with van der Waals surface area (Å²) in [4.78, 5) is 7.66. The molecule has 0 fully saturated rings. The van der Waals surface area contributed by atoms with E-state index in [9.17, 15) is 0 Å². The Bertz CT molecular complexity index is 320. The first-order valence-corrected chi connectivity index (χ1v) is 3.67. The van der Waals surface area contributed by atoms with Crippen LogP contribution in [-0.4, -0.2) is 16.1 Å². The van der Waals surface area contributed by atoms with Crippen molar-refractivity contribution in [1.82, 2.24) is 9.97 Å². The molecule has 1 aromatic rings. The highest BCUT2D eigenvalue weighted by Crippen LogP contribution is 2.10. The molecule has 0 aliphatic carbocycles.